The Hall–Kier alpha value is -1.46. The molecule has 0 saturated carbocycles. The van der Waals surface area contributed by atoms with Crippen molar-refractivity contribution in [3.05, 3.63) is 30.1 Å². The predicted molar refractivity (Wildman–Crippen MR) is 95.6 cm³/mol. The summed E-state index contributed by atoms with van der Waals surface area (Å²) in [6, 6.07) is 3.97. The van der Waals surface area contributed by atoms with Crippen molar-refractivity contribution in [2.45, 2.75) is 40.2 Å². The first-order valence-electron chi connectivity index (χ1n) is 8.91. The van der Waals surface area contributed by atoms with Crippen molar-refractivity contribution >= 4 is 5.91 Å². The Balaban J connectivity index is 1.89. The molecule has 2 heterocycles. The molecule has 0 atom stereocenters. The third-order valence-corrected chi connectivity index (χ3v) is 4.16. The highest BCUT2D eigenvalue weighted by Crippen LogP contribution is 2.21. The fraction of sp³-hybridized carbons (Fsp3) is 0.684. The van der Waals surface area contributed by atoms with Crippen LogP contribution >= 0.6 is 0 Å². The zero-order chi connectivity index (χ0) is 17.4. The van der Waals surface area contributed by atoms with E-state index in [-0.39, 0.29) is 11.3 Å². The van der Waals surface area contributed by atoms with Gasteiger partial charge < -0.3 is 9.64 Å². The largest absolute Gasteiger partial charge is 0.379 e. The average molecular weight is 333 g/mol. The maximum Gasteiger partial charge on any atom is 0.223 e. The van der Waals surface area contributed by atoms with Gasteiger partial charge in [-0.2, -0.15) is 0 Å². The van der Waals surface area contributed by atoms with Crippen LogP contribution in [0.1, 0.15) is 39.2 Å². The van der Waals surface area contributed by atoms with Gasteiger partial charge in [-0.25, -0.2) is 0 Å². The van der Waals surface area contributed by atoms with E-state index in [0.29, 0.717) is 13.0 Å². The van der Waals surface area contributed by atoms with Crippen molar-refractivity contribution in [3.63, 3.8) is 0 Å². The molecule has 1 aromatic heterocycles. The van der Waals surface area contributed by atoms with Gasteiger partial charge in [0.15, 0.2) is 0 Å². The highest BCUT2D eigenvalue weighted by atomic mass is 16.5. The number of ether oxygens (including phenoxy) is 1. The number of nitrogens with zero attached hydrogens (tertiary/aromatic N) is 3. The second-order valence-corrected chi connectivity index (χ2v) is 7.72. The van der Waals surface area contributed by atoms with Crippen LogP contribution in [0.4, 0.5) is 0 Å². The lowest BCUT2D eigenvalue weighted by Crippen LogP contribution is -2.39. The SMILES string of the molecule is CC(C)(C)CC(=O)N(CCCN1CCOCC1)Cc1ccncc1. The van der Waals surface area contributed by atoms with E-state index in [1.807, 2.05) is 17.0 Å². The molecule has 2 rings (SSSR count). The maximum absolute atomic E-state index is 12.7. The van der Waals surface area contributed by atoms with Crippen LogP contribution in [0.3, 0.4) is 0 Å². The molecule has 5 heteroatoms. The Kier molecular flexibility index (Phi) is 7.18. The van der Waals surface area contributed by atoms with Crippen molar-refractivity contribution in [1.29, 1.82) is 0 Å². The molecule has 0 aliphatic carbocycles. The Labute approximate surface area is 146 Å². The van der Waals surface area contributed by atoms with Crippen LogP contribution in [0.25, 0.3) is 0 Å². The van der Waals surface area contributed by atoms with Crippen LogP contribution < -0.4 is 0 Å². The van der Waals surface area contributed by atoms with Gasteiger partial charge in [0.1, 0.15) is 0 Å². The molecular formula is C19H31N3O2. The zero-order valence-electron chi connectivity index (χ0n) is 15.3. The molecule has 5 nitrogen and oxygen atoms in total. The summed E-state index contributed by atoms with van der Waals surface area (Å²) in [7, 11) is 0. The Morgan fingerprint density at radius 1 is 1.25 bits per heavy atom. The summed E-state index contributed by atoms with van der Waals surface area (Å²) in [6.07, 6.45) is 5.15. The normalized spacial score (nSPS) is 16.1. The monoisotopic (exact) mass is 333 g/mol. The first-order valence-corrected chi connectivity index (χ1v) is 8.91. The number of amides is 1. The number of carbonyl (C=O) groups excluding carboxylic acids is 1. The number of morpholine rings is 1. The first kappa shape index (κ1) is 18.9. The molecule has 0 spiro atoms. The Bertz CT molecular complexity index is 493. The van der Waals surface area contributed by atoms with Gasteiger partial charge in [-0.3, -0.25) is 14.7 Å². The molecule has 1 aliphatic rings. The molecule has 0 aromatic carbocycles. The topological polar surface area (TPSA) is 45.7 Å². The van der Waals surface area contributed by atoms with E-state index in [1.165, 1.54) is 0 Å². The molecule has 1 fully saturated rings. The van der Waals surface area contributed by atoms with Crippen LogP contribution in [-0.4, -0.2) is 60.1 Å². The number of rotatable bonds is 7. The fourth-order valence-corrected chi connectivity index (χ4v) is 2.88. The van der Waals surface area contributed by atoms with Crippen LogP contribution in [0.2, 0.25) is 0 Å². The molecule has 1 amide bonds. The summed E-state index contributed by atoms with van der Waals surface area (Å²) in [6.45, 7) is 12.5. The third kappa shape index (κ3) is 6.97. The number of pyridine rings is 1. The molecule has 24 heavy (non-hydrogen) atoms. The summed E-state index contributed by atoms with van der Waals surface area (Å²) in [5, 5.41) is 0. The average Bonchev–Trinajstić information content (AvgIpc) is 2.54. The summed E-state index contributed by atoms with van der Waals surface area (Å²) in [5.74, 6) is 0.237. The van der Waals surface area contributed by atoms with E-state index in [0.717, 1.165) is 51.4 Å². The summed E-state index contributed by atoms with van der Waals surface area (Å²) in [4.78, 5) is 21.2. The van der Waals surface area contributed by atoms with E-state index < -0.39 is 0 Å². The number of hydrogen-bond acceptors (Lipinski definition) is 4. The highest BCUT2D eigenvalue weighted by Gasteiger charge is 2.21. The van der Waals surface area contributed by atoms with E-state index in [1.54, 1.807) is 12.4 Å². The van der Waals surface area contributed by atoms with Crippen molar-refractivity contribution in [2.24, 2.45) is 5.41 Å². The lowest BCUT2D eigenvalue weighted by atomic mass is 9.91. The van der Waals surface area contributed by atoms with Crippen LogP contribution in [0.5, 0.6) is 0 Å². The Morgan fingerprint density at radius 2 is 1.92 bits per heavy atom. The molecule has 134 valence electrons. The minimum absolute atomic E-state index is 0.0117. The molecule has 0 N–H and O–H groups in total. The van der Waals surface area contributed by atoms with E-state index in [4.69, 9.17) is 4.74 Å². The van der Waals surface area contributed by atoms with Crippen LogP contribution in [0, 0.1) is 5.41 Å². The van der Waals surface area contributed by atoms with Gasteiger partial charge in [-0.05, 0) is 29.5 Å². The smallest absolute Gasteiger partial charge is 0.223 e. The van der Waals surface area contributed by atoms with Crippen LogP contribution in [-0.2, 0) is 16.1 Å². The van der Waals surface area contributed by atoms with Crippen molar-refractivity contribution in [3.8, 4) is 0 Å². The standard InChI is InChI=1S/C19H31N3O2/c1-19(2,3)15-18(23)22(16-17-5-7-20-8-6-17)10-4-9-21-11-13-24-14-12-21/h5-8H,4,9-16H2,1-3H3. The quantitative estimate of drug-likeness (QED) is 0.769. The second kappa shape index (κ2) is 9.14. The van der Waals surface area contributed by atoms with Gasteiger partial charge in [0, 0.05) is 51.5 Å². The van der Waals surface area contributed by atoms with E-state index in [2.05, 4.69) is 30.7 Å². The number of aromatic nitrogens is 1. The highest BCUT2D eigenvalue weighted by molar-refractivity contribution is 5.76. The van der Waals surface area contributed by atoms with E-state index >= 15 is 0 Å². The van der Waals surface area contributed by atoms with Crippen molar-refractivity contribution in [1.82, 2.24) is 14.8 Å². The van der Waals surface area contributed by atoms with Gasteiger partial charge in [0.25, 0.3) is 0 Å². The maximum atomic E-state index is 12.7. The minimum atomic E-state index is 0.0117. The summed E-state index contributed by atoms with van der Waals surface area (Å²) < 4.78 is 5.39. The molecule has 0 unspecified atom stereocenters. The summed E-state index contributed by atoms with van der Waals surface area (Å²) >= 11 is 0. The molecular weight excluding hydrogens is 302 g/mol. The zero-order valence-corrected chi connectivity index (χ0v) is 15.3. The van der Waals surface area contributed by atoms with Gasteiger partial charge in [0.2, 0.25) is 5.91 Å². The third-order valence-electron chi connectivity index (χ3n) is 4.16. The molecule has 1 aliphatic heterocycles. The lowest BCUT2D eigenvalue weighted by Gasteiger charge is -2.30. The van der Waals surface area contributed by atoms with Crippen LogP contribution in [0.15, 0.2) is 24.5 Å². The molecule has 0 bridgehead atoms. The fourth-order valence-electron chi connectivity index (χ4n) is 2.88. The molecule has 0 radical (unpaired) electrons. The number of hydrogen-bond donors (Lipinski definition) is 0. The summed E-state index contributed by atoms with van der Waals surface area (Å²) in [5.41, 5.74) is 1.15. The van der Waals surface area contributed by atoms with Gasteiger partial charge >= 0.3 is 0 Å². The van der Waals surface area contributed by atoms with E-state index in [9.17, 15) is 4.79 Å². The minimum Gasteiger partial charge on any atom is -0.379 e. The predicted octanol–water partition coefficient (Wildman–Crippen LogP) is 2.57. The van der Waals surface area contributed by atoms with Gasteiger partial charge in [-0.15, -0.1) is 0 Å². The Morgan fingerprint density at radius 3 is 2.54 bits per heavy atom. The van der Waals surface area contributed by atoms with Crippen molar-refractivity contribution in [2.75, 3.05) is 39.4 Å². The molecule has 1 saturated heterocycles. The first-order chi connectivity index (χ1) is 11.4. The van der Waals surface area contributed by atoms with Crippen molar-refractivity contribution < 1.29 is 9.53 Å². The van der Waals surface area contributed by atoms with Gasteiger partial charge in [-0.1, -0.05) is 20.8 Å². The second-order valence-electron chi connectivity index (χ2n) is 7.72. The molecule has 1 aromatic rings. The van der Waals surface area contributed by atoms with Gasteiger partial charge in [0.05, 0.1) is 13.2 Å². The lowest BCUT2D eigenvalue weighted by molar-refractivity contribution is -0.133. The number of carbonyl (C=O) groups is 1.